The number of hydrogen-bond acceptors (Lipinski definition) is 9. The van der Waals surface area contributed by atoms with Gasteiger partial charge in [0.15, 0.2) is 0 Å². The van der Waals surface area contributed by atoms with Crippen LogP contribution >= 0.6 is 41.7 Å². The monoisotopic (exact) mass is 608 g/mol. The third-order valence-corrected chi connectivity index (χ3v) is 7.63. The van der Waals surface area contributed by atoms with E-state index in [9.17, 15) is 0 Å². The molecule has 37 heavy (non-hydrogen) atoms. The van der Waals surface area contributed by atoms with Crippen molar-refractivity contribution in [2.24, 2.45) is 0 Å². The van der Waals surface area contributed by atoms with Gasteiger partial charge in [0, 0.05) is 56.0 Å². The molecule has 4 rings (SSSR count). The summed E-state index contributed by atoms with van der Waals surface area (Å²) in [5, 5.41) is 6.90. The molecule has 3 aromatic rings. The topological polar surface area (TPSA) is 98.6 Å². The number of anilines is 3. The van der Waals surface area contributed by atoms with Crippen molar-refractivity contribution >= 4 is 59.2 Å². The van der Waals surface area contributed by atoms with Gasteiger partial charge in [-0.15, -0.1) is 5.10 Å². The molecule has 0 bridgehead atoms. The summed E-state index contributed by atoms with van der Waals surface area (Å²) >= 11 is 4.83. The zero-order valence-electron chi connectivity index (χ0n) is 21.4. The zero-order valence-corrected chi connectivity index (χ0v) is 24.8. The van der Waals surface area contributed by atoms with E-state index in [4.69, 9.17) is 10.0 Å². The quantitative estimate of drug-likeness (QED) is 0.120. The summed E-state index contributed by atoms with van der Waals surface area (Å²) in [6, 6.07) is 17.5. The minimum atomic E-state index is 0. The largest absolute Gasteiger partial charge is 0.366 e. The highest BCUT2D eigenvalue weighted by Gasteiger charge is 2.26. The Balaban J connectivity index is 0.00000380. The number of nitrogens with one attached hydrogen (secondary N) is 2. The second kappa shape index (κ2) is 14.8. The highest BCUT2D eigenvalue weighted by Crippen LogP contribution is 2.22. The Morgan fingerprint density at radius 1 is 1.14 bits per heavy atom. The zero-order chi connectivity index (χ0) is 25.3. The predicted molar refractivity (Wildman–Crippen MR) is 162 cm³/mol. The van der Waals surface area contributed by atoms with Crippen LogP contribution in [0.3, 0.4) is 0 Å². The van der Waals surface area contributed by atoms with Crippen LogP contribution in [0.5, 0.6) is 0 Å². The van der Waals surface area contributed by atoms with Gasteiger partial charge in [0.05, 0.1) is 0 Å². The molecule has 0 radical (unpaired) electrons. The number of aromatic amines is 1. The van der Waals surface area contributed by atoms with Crippen LogP contribution in [0.2, 0.25) is 0 Å². The average molecular weight is 610 g/mol. The van der Waals surface area contributed by atoms with Gasteiger partial charge in [-0.05, 0) is 56.0 Å². The first kappa shape index (κ1) is 29.6. The first-order valence-electron chi connectivity index (χ1n) is 12.3. The lowest BCUT2D eigenvalue weighted by Gasteiger charge is -2.38. The molecule has 1 fully saturated rings. The lowest BCUT2D eigenvalue weighted by atomic mass is 10.0. The molecule has 2 aromatic carbocycles. The average Bonchev–Trinajstić information content (AvgIpc) is 3.33. The number of aryl methyl sites for hydroxylation is 1. The first-order valence-corrected chi connectivity index (χ1v) is 13.8. The summed E-state index contributed by atoms with van der Waals surface area (Å²) in [5.41, 5.74) is 12.5. The summed E-state index contributed by atoms with van der Waals surface area (Å²) in [5.74, 6) is 1.05. The molecule has 0 unspecified atom stereocenters. The number of H-pyrrole nitrogens is 1. The Kier molecular flexibility index (Phi) is 11.9. The van der Waals surface area contributed by atoms with Gasteiger partial charge in [-0.25, -0.2) is 9.38 Å². The maximum atomic E-state index is 5.69. The van der Waals surface area contributed by atoms with Crippen LogP contribution in [0.1, 0.15) is 24.0 Å². The summed E-state index contributed by atoms with van der Waals surface area (Å²) in [4.78, 5) is 9.09. The smallest absolute Gasteiger partial charge is 0.241 e. The molecular weight excluding hydrogens is 572 g/mol. The van der Waals surface area contributed by atoms with Gasteiger partial charge in [-0.3, -0.25) is 9.21 Å². The van der Waals surface area contributed by atoms with E-state index in [1.54, 1.807) is 0 Å². The van der Waals surface area contributed by atoms with Gasteiger partial charge in [0.25, 0.3) is 0 Å². The number of nitrogen functional groups attached to an aromatic ring is 1. The van der Waals surface area contributed by atoms with Crippen molar-refractivity contribution in [3.05, 3.63) is 64.1 Å². The summed E-state index contributed by atoms with van der Waals surface area (Å²) in [7, 11) is 2.00. The first-order chi connectivity index (χ1) is 17.5. The highest BCUT2D eigenvalue weighted by atomic mass is 79.9. The number of rotatable bonds is 12. The van der Waals surface area contributed by atoms with Crippen molar-refractivity contribution in [3.63, 3.8) is 0 Å². The molecule has 1 aliphatic heterocycles. The summed E-state index contributed by atoms with van der Waals surface area (Å²) in [6.45, 7) is 6.59. The molecule has 0 aliphatic carbocycles. The van der Waals surface area contributed by atoms with Crippen LogP contribution in [0, 0.1) is 6.92 Å². The number of hydrogen-bond donors (Lipinski definition) is 3. The van der Waals surface area contributed by atoms with Crippen molar-refractivity contribution in [2.45, 2.75) is 32.2 Å². The van der Waals surface area contributed by atoms with Gasteiger partial charge in [0.2, 0.25) is 11.9 Å². The Morgan fingerprint density at radius 3 is 2.49 bits per heavy atom. The van der Waals surface area contributed by atoms with Gasteiger partial charge in [-0.1, -0.05) is 45.8 Å². The van der Waals surface area contributed by atoms with Crippen LogP contribution in [0.4, 0.5) is 17.6 Å². The van der Waals surface area contributed by atoms with Gasteiger partial charge >= 0.3 is 0 Å². The summed E-state index contributed by atoms with van der Waals surface area (Å²) < 4.78 is 8.81. The van der Waals surface area contributed by atoms with Crippen LogP contribution in [-0.2, 0) is 10.7 Å². The highest BCUT2D eigenvalue weighted by molar-refractivity contribution is 9.10. The molecule has 1 saturated heterocycles. The molecular formula is C25H37BrN8OS2. The standard InChI is InChI=1S/C25H35BrN8OS.H2S/c1-19-3-9-22(10-4-19)32(2)36-35-28-14-18-33(15-11-20-5-7-21(26)8-6-20)23-12-16-34(17-13-23)25-29-24(27)30-31-25;/h3-10,23,28H,11-18H2,1-2H3,(H3,27,29,30,31);1H2. The molecule has 1 aliphatic rings. The van der Waals surface area contributed by atoms with Crippen LogP contribution in [-0.4, -0.2) is 65.9 Å². The molecule has 0 saturated carbocycles. The van der Waals surface area contributed by atoms with E-state index >= 15 is 0 Å². The number of benzene rings is 2. The third-order valence-electron chi connectivity index (χ3n) is 6.48. The van der Waals surface area contributed by atoms with Crippen molar-refractivity contribution < 1.29 is 4.28 Å². The molecule has 1 aromatic heterocycles. The second-order valence-electron chi connectivity index (χ2n) is 9.03. The van der Waals surface area contributed by atoms with E-state index in [0.29, 0.717) is 12.0 Å². The Labute approximate surface area is 239 Å². The van der Waals surface area contributed by atoms with Crippen LogP contribution < -0.4 is 20.4 Å². The minimum absolute atomic E-state index is 0. The fourth-order valence-electron chi connectivity index (χ4n) is 4.36. The number of aromatic nitrogens is 3. The fraction of sp³-hybridized carbons (Fsp3) is 0.440. The van der Waals surface area contributed by atoms with Crippen molar-refractivity contribution in [3.8, 4) is 0 Å². The summed E-state index contributed by atoms with van der Waals surface area (Å²) in [6.07, 6.45) is 3.14. The maximum Gasteiger partial charge on any atom is 0.241 e. The Morgan fingerprint density at radius 2 is 1.84 bits per heavy atom. The SMILES string of the molecule is Cc1ccc(N(C)SONCCN(CCc2ccc(Br)cc2)C2CCN(c3nc(N)n[nH]3)CC2)cc1.S. The predicted octanol–water partition coefficient (Wildman–Crippen LogP) is 4.30. The number of nitrogens with two attached hydrogens (primary N) is 1. The third kappa shape index (κ3) is 9.08. The Hall–Kier alpha value is -1.96. The van der Waals surface area contributed by atoms with Gasteiger partial charge < -0.3 is 10.6 Å². The van der Waals surface area contributed by atoms with E-state index in [0.717, 1.165) is 68.1 Å². The number of piperidine rings is 1. The molecule has 0 amide bonds. The van der Waals surface area contributed by atoms with Crippen LogP contribution in [0.25, 0.3) is 0 Å². The minimum Gasteiger partial charge on any atom is -0.366 e. The molecule has 12 heteroatoms. The molecule has 202 valence electrons. The van der Waals surface area contributed by atoms with Crippen LogP contribution in [0.15, 0.2) is 53.0 Å². The number of hydroxylamine groups is 1. The molecule has 0 atom stereocenters. The Bertz CT molecular complexity index is 1060. The second-order valence-corrected chi connectivity index (χ2v) is 10.8. The lowest BCUT2D eigenvalue weighted by Crippen LogP contribution is -2.47. The van der Waals surface area contributed by atoms with E-state index < -0.39 is 0 Å². The lowest BCUT2D eigenvalue weighted by molar-refractivity contribution is 0.145. The number of halogens is 1. The van der Waals surface area contributed by atoms with Crippen molar-refractivity contribution in [2.75, 3.05) is 54.7 Å². The number of nitrogens with zero attached hydrogens (tertiary/aromatic N) is 5. The molecule has 0 spiro atoms. The van der Waals surface area contributed by atoms with E-state index in [2.05, 4.69) is 102 Å². The van der Waals surface area contributed by atoms with Gasteiger partial charge in [0.1, 0.15) is 12.2 Å². The molecule has 2 heterocycles. The van der Waals surface area contributed by atoms with E-state index in [-0.39, 0.29) is 13.5 Å². The van der Waals surface area contributed by atoms with Crippen molar-refractivity contribution in [1.82, 2.24) is 25.6 Å². The van der Waals surface area contributed by atoms with E-state index in [1.807, 2.05) is 11.4 Å². The molecule has 9 nitrogen and oxygen atoms in total. The maximum absolute atomic E-state index is 5.69. The van der Waals surface area contributed by atoms with Gasteiger partial charge in [-0.2, -0.15) is 24.0 Å². The van der Waals surface area contributed by atoms with E-state index in [1.165, 1.54) is 23.4 Å². The molecule has 4 N–H and O–H groups in total. The fourth-order valence-corrected chi connectivity index (χ4v) is 5.08. The van der Waals surface area contributed by atoms with Crippen molar-refractivity contribution in [1.29, 1.82) is 0 Å². The normalized spacial score (nSPS) is 14.1.